The Morgan fingerprint density at radius 2 is 2.14 bits per heavy atom. The number of carboxylic acids is 1. The monoisotopic (exact) mass is 301 g/mol. The van der Waals surface area contributed by atoms with Crippen molar-refractivity contribution in [2.45, 2.75) is 18.9 Å². The Kier molecular flexibility index (Phi) is 4.90. The van der Waals surface area contributed by atoms with Crippen LogP contribution in [0.25, 0.3) is 10.9 Å². The van der Waals surface area contributed by atoms with Crippen molar-refractivity contribution in [1.29, 1.82) is 5.41 Å². The van der Waals surface area contributed by atoms with E-state index in [1.165, 1.54) is 6.20 Å². The van der Waals surface area contributed by atoms with Crippen LogP contribution in [-0.4, -0.2) is 28.6 Å². The maximum Gasteiger partial charge on any atom is 0.337 e. The van der Waals surface area contributed by atoms with Crippen molar-refractivity contribution in [3.8, 4) is 0 Å². The predicted molar refractivity (Wildman–Crippen MR) is 84.8 cm³/mol. The molecule has 1 aromatic heterocycles. The zero-order valence-corrected chi connectivity index (χ0v) is 12.0. The van der Waals surface area contributed by atoms with E-state index >= 15 is 0 Å². The number of carboxylic acid groups (broad SMARTS) is 1. The van der Waals surface area contributed by atoms with Crippen LogP contribution in [0.2, 0.25) is 0 Å². The Balaban J connectivity index is 2.28. The lowest BCUT2D eigenvalue weighted by molar-refractivity contribution is 0.0695. The molecule has 22 heavy (non-hydrogen) atoms. The van der Waals surface area contributed by atoms with Gasteiger partial charge in [-0.25, -0.2) is 4.79 Å². The molecule has 0 spiro atoms. The van der Waals surface area contributed by atoms with Crippen molar-refractivity contribution in [3.63, 3.8) is 0 Å². The molecule has 2 aromatic rings. The lowest BCUT2D eigenvalue weighted by Crippen LogP contribution is -2.31. The largest absolute Gasteiger partial charge is 0.478 e. The van der Waals surface area contributed by atoms with Gasteiger partial charge in [-0.1, -0.05) is 18.2 Å². The highest BCUT2D eigenvalue weighted by Crippen LogP contribution is 2.27. The van der Waals surface area contributed by atoms with E-state index in [0.717, 1.165) is 10.9 Å². The van der Waals surface area contributed by atoms with Crippen molar-refractivity contribution in [1.82, 2.24) is 10.3 Å². The first kappa shape index (κ1) is 15.7. The fraction of sp³-hybridized carbons (Fsp3) is 0.267. The summed E-state index contributed by atoms with van der Waals surface area (Å²) in [7, 11) is 0. The molecule has 7 N–H and O–H groups in total. The highest BCUT2D eigenvalue weighted by Gasteiger charge is 2.19. The van der Waals surface area contributed by atoms with E-state index in [0.29, 0.717) is 24.9 Å². The number of nitrogens with zero attached hydrogens (tertiary/aromatic N) is 1. The summed E-state index contributed by atoms with van der Waals surface area (Å²) < 4.78 is 0. The molecule has 0 bridgehead atoms. The summed E-state index contributed by atoms with van der Waals surface area (Å²) in [5.74, 6) is -1.13. The minimum absolute atomic E-state index is 0.0887. The average molecular weight is 301 g/mol. The first-order valence-electron chi connectivity index (χ1n) is 6.95. The number of carbonyl (C=O) groups is 1. The van der Waals surface area contributed by atoms with Gasteiger partial charge in [-0.05, 0) is 24.5 Å². The van der Waals surface area contributed by atoms with Gasteiger partial charge in [0.1, 0.15) is 0 Å². The average Bonchev–Trinajstić information content (AvgIpc) is 2.49. The number of pyridine rings is 1. The zero-order chi connectivity index (χ0) is 16.1. The number of aromatic nitrogens is 1. The summed E-state index contributed by atoms with van der Waals surface area (Å²) in [6.45, 7) is 0.522. The van der Waals surface area contributed by atoms with Crippen molar-refractivity contribution in [3.05, 3.63) is 41.6 Å². The molecule has 0 aliphatic carbocycles. The molecule has 1 atom stereocenters. The van der Waals surface area contributed by atoms with Gasteiger partial charge in [0.15, 0.2) is 5.96 Å². The van der Waals surface area contributed by atoms with Crippen LogP contribution < -0.4 is 16.8 Å². The third-order valence-corrected chi connectivity index (χ3v) is 3.43. The Labute approximate surface area is 127 Å². The maximum absolute atomic E-state index is 11.4. The van der Waals surface area contributed by atoms with E-state index < -0.39 is 12.0 Å². The number of nitrogens with two attached hydrogens (primary N) is 2. The molecule has 1 aromatic carbocycles. The fourth-order valence-electron chi connectivity index (χ4n) is 2.42. The molecule has 0 radical (unpaired) electrons. The fourth-order valence-corrected chi connectivity index (χ4v) is 2.42. The number of hydrogen-bond donors (Lipinski definition) is 5. The molecule has 0 saturated heterocycles. The van der Waals surface area contributed by atoms with E-state index in [1.54, 1.807) is 0 Å². The van der Waals surface area contributed by atoms with Gasteiger partial charge in [-0.15, -0.1) is 0 Å². The highest BCUT2D eigenvalue weighted by molar-refractivity contribution is 5.96. The van der Waals surface area contributed by atoms with Crippen LogP contribution in [0, 0.1) is 5.41 Å². The number of para-hydroxylation sites is 1. The molecule has 0 amide bonds. The Hall–Kier alpha value is -2.67. The van der Waals surface area contributed by atoms with E-state index in [1.807, 2.05) is 24.3 Å². The number of benzene rings is 1. The van der Waals surface area contributed by atoms with Gasteiger partial charge in [0, 0.05) is 24.2 Å². The number of hydrogen-bond acceptors (Lipinski definition) is 4. The molecular formula is C15H19N5O2. The summed E-state index contributed by atoms with van der Waals surface area (Å²) in [6, 6.07) is 6.92. The molecule has 2 rings (SSSR count). The van der Waals surface area contributed by atoms with Crippen LogP contribution in [0.15, 0.2) is 30.5 Å². The smallest absolute Gasteiger partial charge is 0.337 e. The standard InChI is InChI=1S/C15H19N5O2/c16-11(5-3-7-19-15(17)18)13-9-4-1-2-6-12(9)20-8-10(13)14(21)22/h1-2,4,6,8,11H,3,5,7,16H2,(H,21,22)(H4,17,18,19). The van der Waals surface area contributed by atoms with E-state index in [2.05, 4.69) is 10.3 Å². The SMILES string of the molecule is N=C(N)NCCCC(N)c1c(C(=O)O)cnc2ccccc12. The number of nitrogens with one attached hydrogen (secondary N) is 2. The Morgan fingerprint density at radius 3 is 2.82 bits per heavy atom. The summed E-state index contributed by atoms with van der Waals surface area (Å²) in [4.78, 5) is 15.6. The molecular weight excluding hydrogens is 282 g/mol. The summed E-state index contributed by atoms with van der Waals surface area (Å²) in [5, 5.41) is 19.9. The molecule has 7 heteroatoms. The minimum Gasteiger partial charge on any atom is -0.478 e. The van der Waals surface area contributed by atoms with Gasteiger partial charge in [-0.3, -0.25) is 10.4 Å². The zero-order valence-electron chi connectivity index (χ0n) is 12.0. The molecule has 7 nitrogen and oxygen atoms in total. The lowest BCUT2D eigenvalue weighted by atomic mass is 9.94. The Bertz CT molecular complexity index is 701. The van der Waals surface area contributed by atoms with Gasteiger partial charge in [0.05, 0.1) is 11.1 Å². The van der Waals surface area contributed by atoms with E-state index in [4.69, 9.17) is 16.9 Å². The third-order valence-electron chi connectivity index (χ3n) is 3.43. The lowest BCUT2D eigenvalue weighted by Gasteiger charge is -2.17. The number of fused-ring (bicyclic) bond motifs is 1. The predicted octanol–water partition coefficient (Wildman–Crippen LogP) is 1.20. The van der Waals surface area contributed by atoms with Gasteiger partial charge < -0.3 is 21.9 Å². The topological polar surface area (TPSA) is 138 Å². The molecule has 116 valence electrons. The first-order valence-corrected chi connectivity index (χ1v) is 6.95. The van der Waals surface area contributed by atoms with Crippen LogP contribution in [0.3, 0.4) is 0 Å². The molecule has 0 aliphatic rings. The summed E-state index contributed by atoms with van der Waals surface area (Å²) >= 11 is 0. The minimum atomic E-state index is -1.04. The van der Waals surface area contributed by atoms with Crippen LogP contribution in [0.5, 0.6) is 0 Å². The van der Waals surface area contributed by atoms with Crippen molar-refractivity contribution < 1.29 is 9.90 Å². The second kappa shape index (κ2) is 6.86. The number of aromatic carboxylic acids is 1. The van der Waals surface area contributed by atoms with Crippen molar-refractivity contribution in [2.75, 3.05) is 6.54 Å². The van der Waals surface area contributed by atoms with Crippen LogP contribution in [0.4, 0.5) is 0 Å². The molecule has 0 aliphatic heterocycles. The maximum atomic E-state index is 11.4. The first-order chi connectivity index (χ1) is 10.5. The molecule has 1 unspecified atom stereocenters. The number of rotatable bonds is 6. The van der Waals surface area contributed by atoms with Crippen LogP contribution >= 0.6 is 0 Å². The van der Waals surface area contributed by atoms with Gasteiger partial charge in [0.25, 0.3) is 0 Å². The van der Waals surface area contributed by atoms with Crippen molar-refractivity contribution >= 4 is 22.8 Å². The second-order valence-corrected chi connectivity index (χ2v) is 5.00. The van der Waals surface area contributed by atoms with E-state index in [9.17, 15) is 9.90 Å². The highest BCUT2D eigenvalue weighted by atomic mass is 16.4. The quantitative estimate of drug-likeness (QED) is 0.309. The number of guanidine groups is 1. The second-order valence-electron chi connectivity index (χ2n) is 5.00. The third kappa shape index (κ3) is 3.50. The van der Waals surface area contributed by atoms with Crippen molar-refractivity contribution in [2.24, 2.45) is 11.5 Å². The van der Waals surface area contributed by atoms with Crippen LogP contribution in [0.1, 0.15) is 34.8 Å². The Morgan fingerprint density at radius 1 is 1.41 bits per heavy atom. The van der Waals surface area contributed by atoms with Crippen LogP contribution in [-0.2, 0) is 0 Å². The molecule has 1 heterocycles. The summed E-state index contributed by atoms with van der Waals surface area (Å²) in [6.07, 6.45) is 2.61. The van der Waals surface area contributed by atoms with Gasteiger partial charge >= 0.3 is 5.97 Å². The van der Waals surface area contributed by atoms with Gasteiger partial charge in [0.2, 0.25) is 0 Å². The summed E-state index contributed by atoms with van der Waals surface area (Å²) in [5.41, 5.74) is 12.9. The normalized spacial score (nSPS) is 12.0. The molecule has 0 saturated carbocycles. The van der Waals surface area contributed by atoms with Gasteiger partial charge in [-0.2, -0.15) is 0 Å². The molecule has 0 fully saturated rings. The van der Waals surface area contributed by atoms with E-state index in [-0.39, 0.29) is 11.5 Å².